The Labute approximate surface area is 161 Å². The van der Waals surface area contributed by atoms with Gasteiger partial charge >= 0.3 is 0 Å². The molecule has 0 unspecified atom stereocenters. The Morgan fingerprint density at radius 2 is 1.81 bits per heavy atom. The molecule has 0 saturated carbocycles. The first-order valence-corrected chi connectivity index (χ1v) is 11.5. The van der Waals surface area contributed by atoms with Crippen LogP contribution in [-0.4, -0.2) is 68.7 Å². The highest BCUT2D eigenvalue weighted by Gasteiger charge is 2.37. The van der Waals surface area contributed by atoms with Gasteiger partial charge in [-0.25, -0.2) is 8.42 Å². The van der Waals surface area contributed by atoms with Gasteiger partial charge in [0.25, 0.3) is 0 Å². The van der Waals surface area contributed by atoms with Crippen molar-refractivity contribution < 1.29 is 22.9 Å². The Morgan fingerprint density at radius 3 is 2.41 bits per heavy atom. The van der Waals surface area contributed by atoms with Crippen LogP contribution in [0, 0.1) is 13.8 Å². The summed E-state index contributed by atoms with van der Waals surface area (Å²) in [5.74, 6) is 0.600. The molecule has 0 bridgehead atoms. The van der Waals surface area contributed by atoms with Crippen molar-refractivity contribution in [2.45, 2.75) is 39.2 Å². The number of nitrogens with zero attached hydrogens (tertiary/aromatic N) is 1. The number of aryl methyl sites for hydroxylation is 2. The van der Waals surface area contributed by atoms with Crippen molar-refractivity contribution in [3.05, 3.63) is 34.9 Å². The number of nitrogens with one attached hydrogen (secondary N) is 1. The van der Waals surface area contributed by atoms with Crippen molar-refractivity contribution >= 4 is 21.5 Å². The maximum Gasteiger partial charge on any atom is 0.223 e. The van der Waals surface area contributed by atoms with Gasteiger partial charge in [-0.15, -0.1) is 0 Å². The molecule has 2 heterocycles. The number of piperazine rings is 1. The third kappa shape index (κ3) is 4.96. The number of ketones is 1. The molecule has 0 radical (unpaired) electrons. The molecular weight excluding hydrogens is 364 g/mol. The summed E-state index contributed by atoms with van der Waals surface area (Å²) in [4.78, 5) is 27.9. The predicted molar refractivity (Wildman–Crippen MR) is 104 cm³/mol. The molecule has 27 heavy (non-hydrogen) atoms. The van der Waals surface area contributed by atoms with E-state index >= 15 is 0 Å². The van der Waals surface area contributed by atoms with Crippen LogP contribution in [0.15, 0.2) is 18.2 Å². The largest absolute Gasteiger partial charge is 0.331 e. The second-order valence-corrected chi connectivity index (χ2v) is 10.1. The van der Waals surface area contributed by atoms with E-state index in [0.29, 0.717) is 24.4 Å². The maximum atomic E-state index is 12.5. The molecule has 1 aromatic rings. The summed E-state index contributed by atoms with van der Waals surface area (Å²) in [5.41, 5.74) is 2.90. The second-order valence-electron chi connectivity index (χ2n) is 7.86. The lowest BCUT2D eigenvalue weighted by Crippen LogP contribution is -3.18. The minimum Gasteiger partial charge on any atom is -0.331 e. The summed E-state index contributed by atoms with van der Waals surface area (Å²) >= 11 is 0. The second kappa shape index (κ2) is 8.10. The third-order valence-electron chi connectivity index (χ3n) is 5.96. The molecule has 0 spiro atoms. The molecular formula is C20H29N2O4S+. The molecule has 0 aliphatic carbocycles. The minimum absolute atomic E-state index is 0.00636. The molecule has 3 rings (SSSR count). The zero-order valence-corrected chi connectivity index (χ0v) is 17.0. The van der Waals surface area contributed by atoms with Crippen LogP contribution in [0.1, 0.15) is 40.7 Å². The Morgan fingerprint density at radius 1 is 1.11 bits per heavy atom. The van der Waals surface area contributed by atoms with Gasteiger partial charge in [-0.2, -0.15) is 0 Å². The molecule has 2 aliphatic rings. The van der Waals surface area contributed by atoms with Gasteiger partial charge in [0.2, 0.25) is 5.91 Å². The van der Waals surface area contributed by atoms with E-state index in [9.17, 15) is 18.0 Å². The molecule has 2 saturated heterocycles. The minimum atomic E-state index is -2.86. The van der Waals surface area contributed by atoms with Crippen LogP contribution in [0.3, 0.4) is 0 Å². The number of quaternary nitrogens is 1. The van der Waals surface area contributed by atoms with Crippen molar-refractivity contribution in [3.63, 3.8) is 0 Å². The average Bonchev–Trinajstić information content (AvgIpc) is 3.01. The Hall–Kier alpha value is -1.73. The van der Waals surface area contributed by atoms with E-state index in [1.54, 1.807) is 0 Å². The Bertz CT molecular complexity index is 826. The first-order valence-electron chi connectivity index (χ1n) is 9.68. The SMILES string of the molecule is Cc1ccc(C(=O)CCC(=O)N2CC[NH+]([C@H]3CCS(=O)(=O)C3)CC2)cc1C. The van der Waals surface area contributed by atoms with Crippen molar-refractivity contribution in [2.75, 3.05) is 37.7 Å². The fourth-order valence-corrected chi connectivity index (χ4v) is 5.83. The van der Waals surface area contributed by atoms with Crippen LogP contribution in [0.5, 0.6) is 0 Å². The van der Waals surface area contributed by atoms with Gasteiger partial charge in [0, 0.05) is 24.8 Å². The molecule has 1 atom stereocenters. The lowest BCUT2D eigenvalue weighted by atomic mass is 10.0. The van der Waals surface area contributed by atoms with Crippen LogP contribution >= 0.6 is 0 Å². The predicted octanol–water partition coefficient (Wildman–Crippen LogP) is 0.181. The first kappa shape index (κ1) is 20.0. The third-order valence-corrected chi connectivity index (χ3v) is 7.73. The molecule has 1 amide bonds. The van der Waals surface area contributed by atoms with Crippen LogP contribution in [-0.2, 0) is 14.6 Å². The van der Waals surface area contributed by atoms with Crippen LogP contribution in [0.2, 0.25) is 0 Å². The lowest BCUT2D eigenvalue weighted by molar-refractivity contribution is -0.925. The van der Waals surface area contributed by atoms with Crippen molar-refractivity contribution in [1.29, 1.82) is 0 Å². The molecule has 1 N–H and O–H groups in total. The van der Waals surface area contributed by atoms with Crippen molar-refractivity contribution in [2.24, 2.45) is 0 Å². The number of Topliss-reactive ketones (excluding diaryl/α,β-unsaturated/α-hetero) is 1. The average molecular weight is 394 g/mol. The topological polar surface area (TPSA) is 76.0 Å². The molecule has 6 nitrogen and oxygen atoms in total. The maximum absolute atomic E-state index is 12.5. The van der Waals surface area contributed by atoms with Crippen LogP contribution in [0.25, 0.3) is 0 Å². The van der Waals surface area contributed by atoms with E-state index in [-0.39, 0.29) is 36.3 Å². The highest BCUT2D eigenvalue weighted by molar-refractivity contribution is 7.91. The van der Waals surface area contributed by atoms with Gasteiger partial charge in [0.15, 0.2) is 15.6 Å². The quantitative estimate of drug-likeness (QED) is 0.724. The number of amides is 1. The summed E-state index contributed by atoms with van der Waals surface area (Å²) in [6.45, 7) is 6.85. The van der Waals surface area contributed by atoms with Gasteiger partial charge in [-0.3, -0.25) is 9.59 Å². The lowest BCUT2D eigenvalue weighted by Gasteiger charge is -2.35. The number of rotatable bonds is 5. The fraction of sp³-hybridized carbons (Fsp3) is 0.600. The fourth-order valence-electron chi connectivity index (χ4n) is 4.01. The number of sulfone groups is 1. The standard InChI is InChI=1S/C20H28N2O4S/c1-15-3-4-17(13-16(15)2)19(23)5-6-20(24)22-10-8-21(9-11-22)18-7-12-27(25,26)14-18/h3-4,13,18H,5-12,14H2,1-2H3/p+1/t18-/m0/s1. The number of benzene rings is 1. The molecule has 148 valence electrons. The normalized spacial score (nSPS) is 22.7. The molecule has 2 aliphatic heterocycles. The number of hydrogen-bond donors (Lipinski definition) is 1. The van der Waals surface area contributed by atoms with Gasteiger partial charge < -0.3 is 9.80 Å². The highest BCUT2D eigenvalue weighted by atomic mass is 32.2. The summed E-state index contributed by atoms with van der Waals surface area (Å²) < 4.78 is 23.3. The molecule has 0 aromatic heterocycles. The number of carbonyl (C=O) groups excluding carboxylic acids is 2. The summed E-state index contributed by atoms with van der Waals surface area (Å²) in [5, 5.41) is 0. The van der Waals surface area contributed by atoms with E-state index in [2.05, 4.69) is 0 Å². The summed E-state index contributed by atoms with van der Waals surface area (Å²) in [6.07, 6.45) is 1.20. The van der Waals surface area contributed by atoms with Gasteiger partial charge in [-0.05, 0) is 31.0 Å². The van der Waals surface area contributed by atoms with E-state index < -0.39 is 9.84 Å². The van der Waals surface area contributed by atoms with E-state index in [1.807, 2.05) is 36.9 Å². The van der Waals surface area contributed by atoms with Crippen LogP contribution < -0.4 is 4.90 Å². The first-order chi connectivity index (χ1) is 12.7. The van der Waals surface area contributed by atoms with E-state index in [1.165, 1.54) is 4.90 Å². The Kier molecular flexibility index (Phi) is 6.01. The van der Waals surface area contributed by atoms with Crippen molar-refractivity contribution in [1.82, 2.24) is 4.90 Å². The Balaban J connectivity index is 1.45. The van der Waals surface area contributed by atoms with Crippen LogP contribution in [0.4, 0.5) is 0 Å². The summed E-state index contributed by atoms with van der Waals surface area (Å²) in [7, 11) is -2.86. The zero-order chi connectivity index (χ0) is 19.6. The molecule has 1 aromatic carbocycles. The zero-order valence-electron chi connectivity index (χ0n) is 16.2. The highest BCUT2D eigenvalue weighted by Crippen LogP contribution is 2.13. The molecule has 2 fully saturated rings. The van der Waals surface area contributed by atoms with E-state index in [4.69, 9.17) is 0 Å². The number of carbonyl (C=O) groups is 2. The van der Waals surface area contributed by atoms with Gasteiger partial charge in [0.05, 0.1) is 31.9 Å². The summed E-state index contributed by atoms with van der Waals surface area (Å²) in [6, 6.07) is 5.83. The smallest absolute Gasteiger partial charge is 0.223 e. The van der Waals surface area contributed by atoms with E-state index in [0.717, 1.165) is 30.6 Å². The monoisotopic (exact) mass is 393 g/mol. The van der Waals surface area contributed by atoms with Crippen molar-refractivity contribution in [3.8, 4) is 0 Å². The van der Waals surface area contributed by atoms with Gasteiger partial charge in [0.1, 0.15) is 11.8 Å². The number of hydrogen-bond acceptors (Lipinski definition) is 4. The van der Waals surface area contributed by atoms with Gasteiger partial charge in [-0.1, -0.05) is 12.1 Å². The molecule has 7 heteroatoms.